The fourth-order valence-electron chi connectivity index (χ4n) is 2.55. The van der Waals surface area contributed by atoms with Crippen LogP contribution in [0.1, 0.15) is 32.6 Å². The minimum absolute atomic E-state index is 0.123. The maximum Gasteiger partial charge on any atom is 0.226 e. The Bertz CT molecular complexity index is 243. The topological polar surface area (TPSA) is 50.4 Å². The lowest BCUT2D eigenvalue weighted by atomic mass is 9.88. The van der Waals surface area contributed by atoms with Crippen molar-refractivity contribution in [1.82, 2.24) is 10.6 Å². The maximum atomic E-state index is 12.0. The molecule has 92 valence electrons. The van der Waals surface area contributed by atoms with Gasteiger partial charge in [0, 0.05) is 25.0 Å². The van der Waals surface area contributed by atoms with Crippen molar-refractivity contribution in [3.63, 3.8) is 0 Å². The van der Waals surface area contributed by atoms with E-state index in [2.05, 4.69) is 17.6 Å². The van der Waals surface area contributed by atoms with Gasteiger partial charge in [0.2, 0.25) is 5.91 Å². The standard InChI is InChI=1S/C12H22N2O2/c1-12(4-2-3-5-12)11(15)14-9-10-8-13-6-7-16-10/h10,13H,2-9H2,1H3,(H,14,15). The zero-order valence-corrected chi connectivity index (χ0v) is 10.1. The van der Waals surface area contributed by atoms with E-state index in [1.165, 1.54) is 12.8 Å². The van der Waals surface area contributed by atoms with Crippen molar-refractivity contribution < 1.29 is 9.53 Å². The maximum absolute atomic E-state index is 12.0. The quantitative estimate of drug-likeness (QED) is 0.743. The summed E-state index contributed by atoms with van der Waals surface area (Å²) in [6.45, 7) is 5.23. The molecular formula is C12H22N2O2. The van der Waals surface area contributed by atoms with E-state index in [1.807, 2.05) is 0 Å². The van der Waals surface area contributed by atoms with Crippen LogP contribution in [-0.4, -0.2) is 38.3 Å². The average Bonchev–Trinajstić information content (AvgIpc) is 2.76. The number of rotatable bonds is 3. The normalized spacial score (nSPS) is 28.9. The summed E-state index contributed by atoms with van der Waals surface area (Å²) in [5.74, 6) is 0.208. The van der Waals surface area contributed by atoms with Crippen LogP contribution >= 0.6 is 0 Å². The summed E-state index contributed by atoms with van der Waals surface area (Å²) in [7, 11) is 0. The molecule has 0 aromatic heterocycles. The lowest BCUT2D eigenvalue weighted by molar-refractivity contribution is -0.130. The molecule has 0 bridgehead atoms. The van der Waals surface area contributed by atoms with E-state index >= 15 is 0 Å². The lowest BCUT2D eigenvalue weighted by Gasteiger charge is -2.27. The van der Waals surface area contributed by atoms with Gasteiger partial charge in [0.05, 0.1) is 12.7 Å². The van der Waals surface area contributed by atoms with Crippen LogP contribution in [0, 0.1) is 5.41 Å². The Hall–Kier alpha value is -0.610. The van der Waals surface area contributed by atoms with Crippen molar-refractivity contribution in [2.24, 2.45) is 5.41 Å². The Morgan fingerprint density at radius 3 is 2.88 bits per heavy atom. The second kappa shape index (κ2) is 5.15. The highest BCUT2D eigenvalue weighted by atomic mass is 16.5. The first-order valence-corrected chi connectivity index (χ1v) is 6.31. The molecule has 2 rings (SSSR count). The lowest BCUT2D eigenvalue weighted by Crippen LogP contribution is -2.47. The van der Waals surface area contributed by atoms with Gasteiger partial charge >= 0.3 is 0 Å². The minimum Gasteiger partial charge on any atom is -0.374 e. The zero-order valence-electron chi connectivity index (χ0n) is 10.1. The molecule has 1 saturated heterocycles. The van der Waals surface area contributed by atoms with Crippen molar-refractivity contribution in [2.75, 3.05) is 26.2 Å². The third-order valence-corrected chi connectivity index (χ3v) is 3.75. The van der Waals surface area contributed by atoms with Crippen molar-refractivity contribution in [1.29, 1.82) is 0 Å². The van der Waals surface area contributed by atoms with E-state index in [9.17, 15) is 4.79 Å². The Labute approximate surface area is 97.1 Å². The van der Waals surface area contributed by atoms with E-state index < -0.39 is 0 Å². The first-order valence-electron chi connectivity index (χ1n) is 6.31. The molecule has 0 spiro atoms. The summed E-state index contributed by atoms with van der Waals surface area (Å²) < 4.78 is 5.55. The molecule has 1 atom stereocenters. The van der Waals surface area contributed by atoms with E-state index in [0.717, 1.165) is 32.5 Å². The third-order valence-electron chi connectivity index (χ3n) is 3.75. The molecule has 1 unspecified atom stereocenters. The Morgan fingerprint density at radius 2 is 2.25 bits per heavy atom. The van der Waals surface area contributed by atoms with Crippen molar-refractivity contribution in [2.45, 2.75) is 38.7 Å². The molecule has 0 aromatic rings. The van der Waals surface area contributed by atoms with E-state index in [1.54, 1.807) is 0 Å². The SMILES string of the molecule is CC1(C(=O)NCC2CNCCO2)CCCC1. The molecule has 4 heteroatoms. The number of carbonyl (C=O) groups excluding carboxylic acids is 1. The molecule has 1 aliphatic heterocycles. The van der Waals surface area contributed by atoms with E-state index in [0.29, 0.717) is 6.54 Å². The van der Waals surface area contributed by atoms with Gasteiger partial charge in [0.1, 0.15) is 0 Å². The van der Waals surface area contributed by atoms with Gasteiger partial charge < -0.3 is 15.4 Å². The van der Waals surface area contributed by atoms with Gasteiger partial charge in [-0.15, -0.1) is 0 Å². The van der Waals surface area contributed by atoms with Crippen molar-refractivity contribution in [3.8, 4) is 0 Å². The van der Waals surface area contributed by atoms with E-state index in [-0.39, 0.29) is 17.4 Å². The summed E-state index contributed by atoms with van der Waals surface area (Å²) >= 11 is 0. The van der Waals surface area contributed by atoms with Gasteiger partial charge in [-0.3, -0.25) is 4.79 Å². The van der Waals surface area contributed by atoms with Crippen molar-refractivity contribution in [3.05, 3.63) is 0 Å². The van der Waals surface area contributed by atoms with E-state index in [4.69, 9.17) is 4.74 Å². The number of hydrogen-bond donors (Lipinski definition) is 2. The molecule has 4 nitrogen and oxygen atoms in total. The summed E-state index contributed by atoms with van der Waals surface area (Å²) in [6, 6.07) is 0. The van der Waals surface area contributed by atoms with Gasteiger partial charge in [-0.2, -0.15) is 0 Å². The summed E-state index contributed by atoms with van der Waals surface area (Å²) in [6.07, 6.45) is 4.57. The van der Waals surface area contributed by atoms with Crippen LogP contribution in [0.2, 0.25) is 0 Å². The van der Waals surface area contributed by atoms with Crippen LogP contribution < -0.4 is 10.6 Å². The van der Waals surface area contributed by atoms with Gasteiger partial charge in [0.15, 0.2) is 0 Å². The van der Waals surface area contributed by atoms with Crippen LogP contribution in [0.15, 0.2) is 0 Å². The predicted molar refractivity (Wildman–Crippen MR) is 62.2 cm³/mol. The molecule has 2 N–H and O–H groups in total. The smallest absolute Gasteiger partial charge is 0.226 e. The summed E-state index contributed by atoms with van der Waals surface area (Å²) in [4.78, 5) is 12.0. The molecular weight excluding hydrogens is 204 g/mol. The first-order chi connectivity index (χ1) is 7.71. The van der Waals surface area contributed by atoms with Crippen LogP contribution in [0.25, 0.3) is 0 Å². The van der Waals surface area contributed by atoms with Crippen molar-refractivity contribution >= 4 is 5.91 Å². The van der Waals surface area contributed by atoms with Crippen LogP contribution in [0.4, 0.5) is 0 Å². The molecule has 16 heavy (non-hydrogen) atoms. The zero-order chi connectivity index (χ0) is 11.4. The second-order valence-corrected chi connectivity index (χ2v) is 5.17. The third kappa shape index (κ3) is 2.74. The average molecular weight is 226 g/mol. The van der Waals surface area contributed by atoms with Gasteiger partial charge in [-0.25, -0.2) is 0 Å². The Kier molecular flexibility index (Phi) is 3.82. The highest BCUT2D eigenvalue weighted by Gasteiger charge is 2.36. The number of morpholine rings is 1. The van der Waals surface area contributed by atoms with Gasteiger partial charge in [-0.1, -0.05) is 19.8 Å². The molecule has 1 saturated carbocycles. The highest BCUT2D eigenvalue weighted by Crippen LogP contribution is 2.37. The van der Waals surface area contributed by atoms with Crippen LogP contribution in [0.5, 0.6) is 0 Å². The Balaban J connectivity index is 1.74. The predicted octanol–water partition coefficient (Wildman–Crippen LogP) is 0.671. The summed E-state index contributed by atoms with van der Waals surface area (Å²) in [5, 5.41) is 6.29. The minimum atomic E-state index is -0.123. The number of hydrogen-bond acceptors (Lipinski definition) is 3. The first kappa shape index (κ1) is 11.9. The molecule has 2 aliphatic rings. The fraction of sp³-hybridized carbons (Fsp3) is 0.917. The fourth-order valence-corrected chi connectivity index (χ4v) is 2.55. The second-order valence-electron chi connectivity index (χ2n) is 5.17. The number of carbonyl (C=O) groups is 1. The largest absolute Gasteiger partial charge is 0.374 e. The van der Waals surface area contributed by atoms with Crippen LogP contribution in [0.3, 0.4) is 0 Å². The van der Waals surface area contributed by atoms with Gasteiger partial charge in [0.25, 0.3) is 0 Å². The number of amides is 1. The van der Waals surface area contributed by atoms with Gasteiger partial charge in [-0.05, 0) is 12.8 Å². The molecule has 1 heterocycles. The van der Waals surface area contributed by atoms with Crippen LogP contribution in [-0.2, 0) is 9.53 Å². The molecule has 0 radical (unpaired) electrons. The molecule has 2 fully saturated rings. The summed E-state index contributed by atoms with van der Waals surface area (Å²) in [5.41, 5.74) is -0.123. The number of ether oxygens (including phenoxy) is 1. The molecule has 0 aromatic carbocycles. The Morgan fingerprint density at radius 1 is 1.50 bits per heavy atom. The number of nitrogens with one attached hydrogen (secondary N) is 2. The molecule has 1 aliphatic carbocycles. The molecule has 1 amide bonds. The monoisotopic (exact) mass is 226 g/mol. The highest BCUT2D eigenvalue weighted by molar-refractivity contribution is 5.82.